The number of benzene rings is 3. The van der Waals surface area contributed by atoms with Crippen LogP contribution in [-0.4, -0.2) is 8.42 Å². The Balaban J connectivity index is 1.74. The Labute approximate surface area is 155 Å². The molecule has 0 bridgehead atoms. The third-order valence-electron chi connectivity index (χ3n) is 3.46. The van der Waals surface area contributed by atoms with Crippen LogP contribution in [0, 0.1) is 0 Å². The van der Waals surface area contributed by atoms with Crippen molar-refractivity contribution in [2.24, 2.45) is 0 Å². The lowest BCUT2D eigenvalue weighted by Crippen LogP contribution is -2.13. The molecular weight excluding hydrogens is 402 g/mol. The largest absolute Gasteiger partial charge is 0.489 e. The Morgan fingerprint density at radius 2 is 1.60 bits per heavy atom. The number of nitrogens with one attached hydrogen (secondary N) is 1. The van der Waals surface area contributed by atoms with Crippen molar-refractivity contribution in [2.75, 3.05) is 4.72 Å². The summed E-state index contributed by atoms with van der Waals surface area (Å²) in [4.78, 5) is 0.186. The van der Waals surface area contributed by atoms with E-state index in [9.17, 15) is 8.42 Å². The molecule has 0 atom stereocenters. The summed E-state index contributed by atoms with van der Waals surface area (Å²) in [5.41, 5.74) is 1.49. The molecule has 0 saturated heterocycles. The van der Waals surface area contributed by atoms with Gasteiger partial charge in [0, 0.05) is 10.5 Å². The van der Waals surface area contributed by atoms with Crippen molar-refractivity contribution >= 4 is 31.6 Å². The molecule has 25 heavy (non-hydrogen) atoms. The third kappa shape index (κ3) is 4.61. The molecule has 3 aromatic rings. The number of ether oxygens (including phenoxy) is 1. The lowest BCUT2D eigenvalue weighted by molar-refractivity contribution is 0.306. The molecule has 0 aliphatic rings. The second-order valence-electron chi connectivity index (χ2n) is 5.34. The highest BCUT2D eigenvalue weighted by atomic mass is 79.9. The van der Waals surface area contributed by atoms with Gasteiger partial charge in [-0.05, 0) is 45.8 Å². The first kappa shape index (κ1) is 17.5. The highest BCUT2D eigenvalue weighted by molar-refractivity contribution is 9.10. The van der Waals surface area contributed by atoms with Gasteiger partial charge >= 0.3 is 0 Å². The highest BCUT2D eigenvalue weighted by Gasteiger charge is 2.17. The van der Waals surface area contributed by atoms with Crippen LogP contribution in [0.1, 0.15) is 5.56 Å². The maximum absolute atomic E-state index is 12.5. The summed E-state index contributed by atoms with van der Waals surface area (Å²) < 4.78 is 33.9. The Morgan fingerprint density at radius 1 is 0.880 bits per heavy atom. The second-order valence-corrected chi connectivity index (χ2v) is 7.84. The monoisotopic (exact) mass is 417 g/mol. The number of hydrogen-bond acceptors (Lipinski definition) is 3. The van der Waals surface area contributed by atoms with Gasteiger partial charge in [-0.25, -0.2) is 8.42 Å². The summed E-state index contributed by atoms with van der Waals surface area (Å²) in [5, 5.41) is 0. The zero-order chi connectivity index (χ0) is 17.7. The first-order chi connectivity index (χ1) is 12.0. The van der Waals surface area contributed by atoms with Crippen molar-refractivity contribution in [3.63, 3.8) is 0 Å². The van der Waals surface area contributed by atoms with Crippen molar-refractivity contribution in [1.29, 1.82) is 0 Å². The van der Waals surface area contributed by atoms with E-state index in [0.717, 1.165) is 5.56 Å². The van der Waals surface area contributed by atoms with Gasteiger partial charge in [0.05, 0.1) is 5.69 Å². The van der Waals surface area contributed by atoms with Crippen molar-refractivity contribution in [2.45, 2.75) is 11.5 Å². The molecule has 0 heterocycles. The van der Waals surface area contributed by atoms with Crippen molar-refractivity contribution in [3.8, 4) is 5.75 Å². The minimum atomic E-state index is -3.68. The van der Waals surface area contributed by atoms with E-state index < -0.39 is 10.0 Å². The van der Waals surface area contributed by atoms with Gasteiger partial charge in [-0.3, -0.25) is 4.72 Å². The van der Waals surface area contributed by atoms with Crippen LogP contribution in [0.4, 0.5) is 5.69 Å². The summed E-state index contributed by atoms with van der Waals surface area (Å²) >= 11 is 3.27. The fourth-order valence-corrected chi connectivity index (χ4v) is 4.32. The van der Waals surface area contributed by atoms with Crippen LogP contribution in [0.3, 0.4) is 0 Å². The summed E-state index contributed by atoms with van der Waals surface area (Å²) in [6.45, 7) is 0.418. The first-order valence-corrected chi connectivity index (χ1v) is 9.86. The summed E-state index contributed by atoms with van der Waals surface area (Å²) in [6.07, 6.45) is 0. The molecule has 128 valence electrons. The molecule has 0 radical (unpaired) electrons. The highest BCUT2D eigenvalue weighted by Crippen LogP contribution is 2.25. The van der Waals surface area contributed by atoms with Gasteiger partial charge in [0.2, 0.25) is 0 Å². The van der Waals surface area contributed by atoms with Crippen LogP contribution in [0.15, 0.2) is 88.2 Å². The van der Waals surface area contributed by atoms with Gasteiger partial charge in [-0.2, -0.15) is 0 Å². The number of hydrogen-bond donors (Lipinski definition) is 1. The molecule has 3 rings (SSSR count). The van der Waals surface area contributed by atoms with E-state index in [2.05, 4.69) is 20.7 Å². The van der Waals surface area contributed by atoms with Crippen LogP contribution < -0.4 is 9.46 Å². The number of halogens is 1. The lowest BCUT2D eigenvalue weighted by Gasteiger charge is -2.11. The van der Waals surface area contributed by atoms with E-state index in [0.29, 0.717) is 22.5 Å². The first-order valence-electron chi connectivity index (χ1n) is 7.59. The fraction of sp³-hybridized carbons (Fsp3) is 0.0526. The molecule has 0 aliphatic heterocycles. The standard InChI is InChI=1S/C19H16BrNO3S/c20-18-11-4-5-12-19(18)25(22,23)21-16-9-6-10-17(13-16)24-14-15-7-2-1-3-8-15/h1-13,21H,14H2. The van der Waals surface area contributed by atoms with E-state index in [-0.39, 0.29) is 4.90 Å². The zero-order valence-corrected chi connectivity index (χ0v) is 15.6. The van der Waals surface area contributed by atoms with Gasteiger partial charge in [0.1, 0.15) is 17.3 Å². The maximum atomic E-state index is 12.5. The number of rotatable bonds is 6. The van der Waals surface area contributed by atoms with Crippen LogP contribution in [-0.2, 0) is 16.6 Å². The molecule has 6 heteroatoms. The predicted molar refractivity (Wildman–Crippen MR) is 102 cm³/mol. The fourth-order valence-electron chi connectivity index (χ4n) is 2.26. The van der Waals surface area contributed by atoms with Gasteiger partial charge in [-0.1, -0.05) is 48.5 Å². The third-order valence-corrected chi connectivity index (χ3v) is 5.85. The van der Waals surface area contributed by atoms with E-state index in [1.807, 2.05) is 30.3 Å². The maximum Gasteiger partial charge on any atom is 0.263 e. The van der Waals surface area contributed by atoms with Gasteiger partial charge in [0.25, 0.3) is 10.0 Å². The average molecular weight is 418 g/mol. The molecule has 3 aromatic carbocycles. The second kappa shape index (κ2) is 7.72. The number of anilines is 1. The van der Waals surface area contributed by atoms with E-state index >= 15 is 0 Å². The van der Waals surface area contributed by atoms with Crippen LogP contribution >= 0.6 is 15.9 Å². The lowest BCUT2D eigenvalue weighted by atomic mass is 10.2. The molecule has 0 saturated carbocycles. The van der Waals surface area contributed by atoms with Crippen LogP contribution in [0.25, 0.3) is 0 Å². The van der Waals surface area contributed by atoms with E-state index in [1.165, 1.54) is 0 Å². The molecule has 1 N–H and O–H groups in total. The minimum absolute atomic E-state index is 0.186. The molecule has 0 amide bonds. The SMILES string of the molecule is O=S(=O)(Nc1cccc(OCc2ccccc2)c1)c1ccccc1Br. The van der Waals surface area contributed by atoms with Gasteiger partial charge < -0.3 is 4.74 Å². The molecule has 0 aliphatic carbocycles. The molecule has 0 fully saturated rings. The Hall–Kier alpha value is -2.31. The Bertz CT molecular complexity index is 959. The van der Waals surface area contributed by atoms with Crippen LogP contribution in [0.5, 0.6) is 5.75 Å². The Morgan fingerprint density at radius 3 is 2.36 bits per heavy atom. The average Bonchev–Trinajstić information content (AvgIpc) is 2.61. The Kier molecular flexibility index (Phi) is 5.40. The van der Waals surface area contributed by atoms with Gasteiger partial charge in [0.15, 0.2) is 0 Å². The molecule has 0 aromatic heterocycles. The van der Waals surface area contributed by atoms with E-state index in [4.69, 9.17) is 4.74 Å². The number of sulfonamides is 1. The molecule has 0 unspecified atom stereocenters. The minimum Gasteiger partial charge on any atom is -0.489 e. The molecular formula is C19H16BrNO3S. The normalized spacial score (nSPS) is 11.1. The summed E-state index contributed by atoms with van der Waals surface area (Å²) in [7, 11) is -3.68. The predicted octanol–water partition coefficient (Wildman–Crippen LogP) is 4.83. The quantitative estimate of drug-likeness (QED) is 0.624. The summed E-state index contributed by atoms with van der Waals surface area (Å²) in [5.74, 6) is 0.594. The van der Waals surface area contributed by atoms with E-state index in [1.54, 1.807) is 48.5 Å². The van der Waals surface area contributed by atoms with Crippen molar-refractivity contribution < 1.29 is 13.2 Å². The zero-order valence-electron chi connectivity index (χ0n) is 13.2. The smallest absolute Gasteiger partial charge is 0.263 e. The topological polar surface area (TPSA) is 55.4 Å². The van der Waals surface area contributed by atoms with Crippen LogP contribution in [0.2, 0.25) is 0 Å². The van der Waals surface area contributed by atoms with Crippen molar-refractivity contribution in [3.05, 3.63) is 88.9 Å². The van der Waals surface area contributed by atoms with Gasteiger partial charge in [-0.15, -0.1) is 0 Å². The summed E-state index contributed by atoms with van der Waals surface area (Å²) in [6, 6.07) is 23.3. The van der Waals surface area contributed by atoms with Crippen molar-refractivity contribution in [1.82, 2.24) is 0 Å². The molecule has 4 nitrogen and oxygen atoms in total. The molecule has 0 spiro atoms.